The zero-order valence-electron chi connectivity index (χ0n) is 10.2. The Hall–Kier alpha value is -1.26. The van der Waals surface area contributed by atoms with Gasteiger partial charge in [0.05, 0.1) is 0 Å². The zero-order chi connectivity index (χ0) is 12.1. The Labute approximate surface area is 113 Å². The molecule has 0 unspecified atom stereocenters. The molecule has 1 aromatic rings. The van der Waals surface area contributed by atoms with Crippen molar-refractivity contribution in [2.24, 2.45) is 5.92 Å². The van der Waals surface area contributed by atoms with Gasteiger partial charge in [-0.3, -0.25) is 4.79 Å². The lowest BCUT2D eigenvalue weighted by molar-refractivity contribution is -0.117. The van der Waals surface area contributed by atoms with Gasteiger partial charge in [-0.1, -0.05) is 6.07 Å². The molecule has 0 saturated carbocycles. The monoisotopic (exact) mass is 270 g/mol. The summed E-state index contributed by atoms with van der Waals surface area (Å²) < 4.78 is 0. The number of aromatic hydroxyl groups is 1. The fraction of sp³-hybridized carbons (Fsp3) is 0.462. The van der Waals surface area contributed by atoms with Gasteiger partial charge in [0.1, 0.15) is 5.75 Å². The van der Waals surface area contributed by atoms with E-state index in [-0.39, 0.29) is 24.1 Å². The summed E-state index contributed by atoms with van der Waals surface area (Å²) in [7, 11) is 0. The minimum atomic E-state index is 0. The molecular weight excluding hydrogens is 252 g/mol. The van der Waals surface area contributed by atoms with E-state index < -0.39 is 0 Å². The average molecular weight is 271 g/mol. The summed E-state index contributed by atoms with van der Waals surface area (Å²) in [5.41, 5.74) is 0.656. The van der Waals surface area contributed by atoms with Crippen LogP contribution in [0, 0.1) is 5.92 Å². The predicted molar refractivity (Wildman–Crippen MR) is 74.2 cm³/mol. The molecule has 1 aliphatic heterocycles. The normalized spacial score (nSPS) is 15.8. The van der Waals surface area contributed by atoms with Crippen LogP contribution in [0.1, 0.15) is 19.3 Å². The Bertz CT molecular complexity index is 392. The van der Waals surface area contributed by atoms with Crippen LogP contribution in [0.15, 0.2) is 24.3 Å². The highest BCUT2D eigenvalue weighted by Crippen LogP contribution is 2.19. The van der Waals surface area contributed by atoms with Gasteiger partial charge in [-0.25, -0.2) is 0 Å². The number of carbonyl (C=O) groups excluding carboxylic acids is 1. The van der Waals surface area contributed by atoms with Crippen LogP contribution < -0.4 is 10.6 Å². The van der Waals surface area contributed by atoms with Gasteiger partial charge in [-0.15, -0.1) is 12.4 Å². The molecule has 0 bridgehead atoms. The van der Waals surface area contributed by atoms with E-state index in [1.807, 2.05) is 0 Å². The molecule has 1 aromatic carbocycles. The number of rotatable bonds is 3. The summed E-state index contributed by atoms with van der Waals surface area (Å²) in [6.07, 6.45) is 2.69. The number of hydrogen-bond donors (Lipinski definition) is 3. The van der Waals surface area contributed by atoms with E-state index in [9.17, 15) is 9.90 Å². The zero-order valence-corrected chi connectivity index (χ0v) is 11.0. The quantitative estimate of drug-likeness (QED) is 0.789. The maximum absolute atomic E-state index is 11.8. The average Bonchev–Trinajstić information content (AvgIpc) is 2.30. The van der Waals surface area contributed by atoms with Crippen molar-refractivity contribution in [1.82, 2.24) is 5.32 Å². The van der Waals surface area contributed by atoms with Crippen LogP contribution >= 0.6 is 12.4 Å². The van der Waals surface area contributed by atoms with Crippen molar-refractivity contribution in [3.8, 4) is 5.75 Å². The molecule has 1 fully saturated rings. The topological polar surface area (TPSA) is 61.4 Å². The summed E-state index contributed by atoms with van der Waals surface area (Å²) in [6.45, 7) is 2.01. The van der Waals surface area contributed by atoms with Crippen molar-refractivity contribution in [3.05, 3.63) is 24.3 Å². The minimum Gasteiger partial charge on any atom is -0.508 e. The van der Waals surface area contributed by atoms with E-state index in [0.29, 0.717) is 18.0 Å². The fourth-order valence-corrected chi connectivity index (χ4v) is 2.14. The van der Waals surface area contributed by atoms with Gasteiger partial charge in [0.15, 0.2) is 0 Å². The van der Waals surface area contributed by atoms with Crippen LogP contribution in [-0.2, 0) is 4.79 Å². The van der Waals surface area contributed by atoms with E-state index in [4.69, 9.17) is 0 Å². The molecule has 1 heterocycles. The van der Waals surface area contributed by atoms with Crippen LogP contribution in [0.5, 0.6) is 5.75 Å². The van der Waals surface area contributed by atoms with Crippen LogP contribution in [-0.4, -0.2) is 24.1 Å². The third-order valence-electron chi connectivity index (χ3n) is 3.06. The van der Waals surface area contributed by atoms with Crippen molar-refractivity contribution in [2.45, 2.75) is 19.3 Å². The lowest BCUT2D eigenvalue weighted by Crippen LogP contribution is -2.30. The Kier molecular flexibility index (Phi) is 5.95. The molecule has 0 radical (unpaired) electrons. The molecule has 0 aromatic heterocycles. The smallest absolute Gasteiger partial charge is 0.224 e. The van der Waals surface area contributed by atoms with Crippen molar-refractivity contribution in [3.63, 3.8) is 0 Å². The number of amides is 1. The second kappa shape index (κ2) is 7.24. The first-order chi connectivity index (χ1) is 8.24. The number of halogens is 1. The lowest BCUT2D eigenvalue weighted by Gasteiger charge is -2.21. The standard InChI is InChI=1S/C13H18N2O2.ClH/c16-12-3-1-2-11(9-12)15-13(17)8-10-4-6-14-7-5-10;/h1-3,9-10,14,16H,4-8H2,(H,15,17);1H. The van der Waals surface area contributed by atoms with Gasteiger partial charge in [0, 0.05) is 18.2 Å². The van der Waals surface area contributed by atoms with Crippen LogP contribution in [0.2, 0.25) is 0 Å². The van der Waals surface area contributed by atoms with Crippen LogP contribution in [0.25, 0.3) is 0 Å². The fourth-order valence-electron chi connectivity index (χ4n) is 2.14. The number of piperidine rings is 1. The molecule has 4 nitrogen and oxygen atoms in total. The molecular formula is C13H19ClN2O2. The summed E-state index contributed by atoms with van der Waals surface area (Å²) in [5.74, 6) is 0.681. The third-order valence-corrected chi connectivity index (χ3v) is 3.06. The van der Waals surface area contributed by atoms with Crippen molar-refractivity contribution in [2.75, 3.05) is 18.4 Å². The Morgan fingerprint density at radius 2 is 2.11 bits per heavy atom. The van der Waals surface area contributed by atoms with E-state index in [1.54, 1.807) is 24.3 Å². The molecule has 1 saturated heterocycles. The predicted octanol–water partition coefficient (Wildman–Crippen LogP) is 2.14. The first-order valence-corrected chi connectivity index (χ1v) is 6.03. The molecule has 0 spiro atoms. The van der Waals surface area contributed by atoms with Gasteiger partial charge in [0.2, 0.25) is 5.91 Å². The highest BCUT2D eigenvalue weighted by molar-refractivity contribution is 5.91. The maximum Gasteiger partial charge on any atom is 0.224 e. The van der Waals surface area contributed by atoms with Gasteiger partial charge >= 0.3 is 0 Å². The van der Waals surface area contributed by atoms with Crippen molar-refractivity contribution in [1.29, 1.82) is 0 Å². The number of anilines is 1. The second-order valence-electron chi connectivity index (χ2n) is 4.50. The highest BCUT2D eigenvalue weighted by atomic mass is 35.5. The van der Waals surface area contributed by atoms with Gasteiger partial charge in [-0.05, 0) is 44.0 Å². The van der Waals surface area contributed by atoms with E-state index in [2.05, 4.69) is 10.6 Å². The summed E-state index contributed by atoms with van der Waals surface area (Å²) in [6, 6.07) is 6.64. The Balaban J connectivity index is 0.00000162. The van der Waals surface area contributed by atoms with Crippen LogP contribution in [0.3, 0.4) is 0 Å². The first kappa shape index (κ1) is 14.8. The van der Waals surface area contributed by atoms with Gasteiger partial charge < -0.3 is 15.7 Å². The Morgan fingerprint density at radius 1 is 1.39 bits per heavy atom. The molecule has 0 aliphatic carbocycles. The molecule has 5 heteroatoms. The van der Waals surface area contributed by atoms with Crippen molar-refractivity contribution >= 4 is 24.0 Å². The molecule has 0 atom stereocenters. The highest BCUT2D eigenvalue weighted by Gasteiger charge is 2.16. The van der Waals surface area contributed by atoms with Crippen LogP contribution in [0.4, 0.5) is 5.69 Å². The second-order valence-corrected chi connectivity index (χ2v) is 4.50. The molecule has 1 aliphatic rings. The largest absolute Gasteiger partial charge is 0.508 e. The van der Waals surface area contributed by atoms with E-state index in [0.717, 1.165) is 25.9 Å². The summed E-state index contributed by atoms with van der Waals surface area (Å²) in [5, 5.41) is 15.4. The minimum absolute atomic E-state index is 0. The number of hydrogen-bond acceptors (Lipinski definition) is 3. The maximum atomic E-state index is 11.8. The number of carbonyl (C=O) groups is 1. The molecule has 2 rings (SSSR count). The van der Waals surface area contributed by atoms with Gasteiger partial charge in [-0.2, -0.15) is 0 Å². The third kappa shape index (κ3) is 4.55. The summed E-state index contributed by atoms with van der Waals surface area (Å²) in [4.78, 5) is 11.8. The number of phenols is 1. The number of benzene rings is 1. The lowest BCUT2D eigenvalue weighted by atomic mass is 9.94. The molecule has 3 N–H and O–H groups in total. The van der Waals surface area contributed by atoms with Crippen molar-refractivity contribution < 1.29 is 9.90 Å². The molecule has 100 valence electrons. The molecule has 18 heavy (non-hydrogen) atoms. The number of nitrogens with one attached hydrogen (secondary N) is 2. The number of phenolic OH excluding ortho intramolecular Hbond substituents is 1. The Morgan fingerprint density at radius 3 is 2.78 bits per heavy atom. The van der Waals surface area contributed by atoms with Gasteiger partial charge in [0.25, 0.3) is 0 Å². The summed E-state index contributed by atoms with van der Waals surface area (Å²) >= 11 is 0. The van der Waals surface area contributed by atoms with E-state index >= 15 is 0 Å². The SMILES string of the molecule is Cl.O=C(CC1CCNCC1)Nc1cccc(O)c1. The molecule has 1 amide bonds. The first-order valence-electron chi connectivity index (χ1n) is 6.03. The van der Waals surface area contributed by atoms with E-state index in [1.165, 1.54) is 0 Å².